The Kier molecular flexibility index (Phi) is 6.90. The maximum absolute atomic E-state index is 12.3. The van der Waals surface area contributed by atoms with Crippen LogP contribution in [0.2, 0.25) is 0 Å². The van der Waals surface area contributed by atoms with Gasteiger partial charge in [0.25, 0.3) is 5.91 Å². The molecular weight excluding hydrogens is 413 g/mol. The summed E-state index contributed by atoms with van der Waals surface area (Å²) in [6.07, 6.45) is -1.55. The highest BCUT2D eigenvalue weighted by Gasteiger charge is 2.31. The van der Waals surface area contributed by atoms with E-state index in [2.05, 4.69) is 31.0 Å². The van der Waals surface area contributed by atoms with Crippen molar-refractivity contribution in [3.05, 3.63) is 22.4 Å². The predicted molar refractivity (Wildman–Crippen MR) is 89.7 cm³/mol. The lowest BCUT2D eigenvalue weighted by Gasteiger charge is -2.28. The van der Waals surface area contributed by atoms with Gasteiger partial charge in [0.1, 0.15) is 22.8 Å². The molecule has 1 rings (SSSR count). The van der Waals surface area contributed by atoms with E-state index >= 15 is 0 Å². The number of alkyl halides is 3. The normalized spacial score (nSPS) is 13.9. The maximum atomic E-state index is 12.3. The van der Waals surface area contributed by atoms with Crippen molar-refractivity contribution in [2.45, 2.75) is 18.6 Å². The van der Waals surface area contributed by atoms with Gasteiger partial charge in [0, 0.05) is 18.0 Å². The minimum absolute atomic E-state index is 0.149. The first-order valence-electron chi connectivity index (χ1n) is 6.49. The second-order valence-electron chi connectivity index (χ2n) is 5.04. The van der Waals surface area contributed by atoms with Crippen LogP contribution in [0.4, 0.5) is 13.2 Å². The van der Waals surface area contributed by atoms with Crippen molar-refractivity contribution in [1.29, 1.82) is 5.41 Å². The molecule has 0 spiro atoms. The molecule has 1 amide bonds. The Bertz CT molecular complexity index is 630. The molecule has 1 atom stereocenters. The van der Waals surface area contributed by atoms with Crippen LogP contribution >= 0.6 is 27.7 Å². The average molecular weight is 429 g/mol. The van der Waals surface area contributed by atoms with Crippen LogP contribution in [0.5, 0.6) is 5.75 Å². The Morgan fingerprint density at radius 1 is 1.54 bits per heavy atom. The second-order valence-corrected chi connectivity index (χ2v) is 6.76. The number of halogens is 4. The summed E-state index contributed by atoms with van der Waals surface area (Å²) in [6, 6.07) is 1.09. The van der Waals surface area contributed by atoms with Crippen molar-refractivity contribution in [2.75, 3.05) is 18.6 Å². The van der Waals surface area contributed by atoms with Crippen LogP contribution in [0.1, 0.15) is 17.4 Å². The van der Waals surface area contributed by atoms with Gasteiger partial charge in [-0.1, -0.05) is 0 Å². The summed E-state index contributed by atoms with van der Waals surface area (Å²) < 4.78 is 41.6. The van der Waals surface area contributed by atoms with E-state index in [0.29, 0.717) is 5.75 Å². The molecule has 0 fully saturated rings. The monoisotopic (exact) mass is 428 g/mol. The number of thioether (sulfide) groups is 1. The Labute approximate surface area is 149 Å². The molecular formula is C13H16BrF3N4O2S. The van der Waals surface area contributed by atoms with Gasteiger partial charge in [-0.2, -0.15) is 24.9 Å². The molecule has 11 heteroatoms. The van der Waals surface area contributed by atoms with Crippen molar-refractivity contribution in [2.24, 2.45) is 5.73 Å². The zero-order valence-electron chi connectivity index (χ0n) is 12.8. The van der Waals surface area contributed by atoms with Crippen LogP contribution in [0.25, 0.3) is 0 Å². The third kappa shape index (κ3) is 5.86. The summed E-state index contributed by atoms with van der Waals surface area (Å²) in [6.45, 7) is 0.0813. The van der Waals surface area contributed by atoms with Gasteiger partial charge < -0.3 is 15.8 Å². The predicted octanol–water partition coefficient (Wildman–Crippen LogP) is 2.57. The molecule has 24 heavy (non-hydrogen) atoms. The SMILES string of the molecule is CSCC(C)(NC(=O)c1cc(OCC(F)(F)F)c(Br)cn1)C(=N)N. The van der Waals surface area contributed by atoms with Gasteiger partial charge in [-0.25, -0.2) is 4.98 Å². The Hall–Kier alpha value is -1.49. The average Bonchev–Trinajstić information content (AvgIpc) is 2.45. The number of aromatic nitrogens is 1. The third-order valence-electron chi connectivity index (χ3n) is 2.86. The number of hydrogen-bond donors (Lipinski definition) is 3. The van der Waals surface area contributed by atoms with Gasteiger partial charge in [-0.3, -0.25) is 10.2 Å². The standard InChI is InChI=1S/C13H16BrF3N4O2S/c1-12(6-24-2,11(18)19)21-10(22)8-3-9(7(14)4-20-8)23-5-13(15,16)17/h3-4H,5-6H2,1-2H3,(H3,18,19)(H,21,22). The van der Waals surface area contributed by atoms with E-state index in [0.717, 1.165) is 6.07 Å². The largest absolute Gasteiger partial charge is 0.483 e. The topological polar surface area (TPSA) is 101 Å². The number of nitrogens with one attached hydrogen (secondary N) is 2. The van der Waals surface area contributed by atoms with E-state index < -0.39 is 24.2 Å². The minimum atomic E-state index is -4.50. The molecule has 0 aliphatic heterocycles. The number of hydrogen-bond acceptors (Lipinski definition) is 5. The maximum Gasteiger partial charge on any atom is 0.422 e. The van der Waals surface area contributed by atoms with Gasteiger partial charge in [0.05, 0.1) is 4.47 Å². The highest BCUT2D eigenvalue weighted by atomic mass is 79.9. The molecule has 1 aromatic rings. The number of carbonyl (C=O) groups excluding carboxylic acids is 1. The fraction of sp³-hybridized carbons (Fsp3) is 0.462. The van der Waals surface area contributed by atoms with E-state index in [4.69, 9.17) is 11.1 Å². The van der Waals surface area contributed by atoms with E-state index in [1.165, 1.54) is 18.0 Å². The molecule has 0 saturated carbocycles. The van der Waals surface area contributed by atoms with Crippen LogP contribution in [0.15, 0.2) is 16.7 Å². The molecule has 0 saturated heterocycles. The van der Waals surface area contributed by atoms with E-state index in [1.54, 1.807) is 13.2 Å². The second kappa shape index (κ2) is 8.06. The summed E-state index contributed by atoms with van der Waals surface area (Å²) in [5, 5.41) is 10.2. The lowest BCUT2D eigenvalue weighted by molar-refractivity contribution is -0.153. The Morgan fingerprint density at radius 2 is 2.17 bits per heavy atom. The number of rotatable bonds is 7. The zero-order chi connectivity index (χ0) is 18.5. The van der Waals surface area contributed by atoms with Gasteiger partial charge in [0.15, 0.2) is 6.61 Å². The molecule has 0 aliphatic rings. The molecule has 1 unspecified atom stereocenters. The van der Waals surface area contributed by atoms with Crippen molar-refractivity contribution in [1.82, 2.24) is 10.3 Å². The van der Waals surface area contributed by atoms with Gasteiger partial charge in [0.2, 0.25) is 0 Å². The summed E-state index contributed by atoms with van der Waals surface area (Å²) in [4.78, 5) is 16.1. The van der Waals surface area contributed by atoms with Gasteiger partial charge in [-0.15, -0.1) is 0 Å². The fourth-order valence-corrected chi connectivity index (χ4v) is 2.74. The Morgan fingerprint density at radius 3 is 2.67 bits per heavy atom. The van der Waals surface area contributed by atoms with Gasteiger partial charge >= 0.3 is 6.18 Å². The van der Waals surface area contributed by atoms with Gasteiger partial charge in [-0.05, 0) is 29.1 Å². The molecule has 0 bridgehead atoms. The molecule has 134 valence electrons. The fourth-order valence-electron chi connectivity index (χ4n) is 1.60. The van der Waals surface area contributed by atoms with E-state index in [1.807, 2.05) is 0 Å². The smallest absolute Gasteiger partial charge is 0.422 e. The molecule has 1 heterocycles. The lowest BCUT2D eigenvalue weighted by atomic mass is 10.0. The van der Waals surface area contributed by atoms with Crippen LogP contribution in [0.3, 0.4) is 0 Å². The summed E-state index contributed by atoms with van der Waals surface area (Å²) in [5.74, 6) is -0.731. The lowest BCUT2D eigenvalue weighted by Crippen LogP contribution is -2.57. The molecule has 0 radical (unpaired) electrons. The van der Waals surface area contributed by atoms with E-state index in [-0.39, 0.29) is 21.8 Å². The first-order chi connectivity index (χ1) is 11.0. The molecule has 4 N–H and O–H groups in total. The Balaban J connectivity index is 2.97. The quantitative estimate of drug-likeness (QED) is 0.457. The van der Waals surface area contributed by atoms with E-state index in [9.17, 15) is 18.0 Å². The minimum Gasteiger partial charge on any atom is -0.483 e. The zero-order valence-corrected chi connectivity index (χ0v) is 15.2. The summed E-state index contributed by atoms with van der Waals surface area (Å²) in [7, 11) is 0. The number of amides is 1. The van der Waals surface area contributed by atoms with Crippen LogP contribution < -0.4 is 15.8 Å². The van der Waals surface area contributed by atoms with Crippen LogP contribution in [0, 0.1) is 5.41 Å². The van der Waals surface area contributed by atoms with Crippen LogP contribution in [-0.2, 0) is 0 Å². The highest BCUT2D eigenvalue weighted by Crippen LogP contribution is 2.27. The number of nitrogens with two attached hydrogens (primary N) is 1. The number of pyridine rings is 1. The number of ether oxygens (including phenoxy) is 1. The van der Waals surface area contributed by atoms with Crippen LogP contribution in [-0.4, -0.2) is 47.1 Å². The van der Waals surface area contributed by atoms with Crippen molar-refractivity contribution in [3.63, 3.8) is 0 Å². The van der Waals surface area contributed by atoms with Crippen molar-refractivity contribution < 1.29 is 22.7 Å². The third-order valence-corrected chi connectivity index (χ3v) is 4.32. The number of amidine groups is 1. The molecule has 1 aromatic heterocycles. The van der Waals surface area contributed by atoms with Crippen molar-refractivity contribution in [3.8, 4) is 5.75 Å². The number of nitrogens with zero attached hydrogens (tertiary/aromatic N) is 1. The highest BCUT2D eigenvalue weighted by molar-refractivity contribution is 9.10. The molecule has 0 aromatic carbocycles. The molecule has 6 nitrogen and oxygen atoms in total. The molecule has 0 aliphatic carbocycles. The number of carbonyl (C=O) groups is 1. The first-order valence-corrected chi connectivity index (χ1v) is 8.68. The summed E-state index contributed by atoms with van der Waals surface area (Å²) in [5.41, 5.74) is 4.26. The summed E-state index contributed by atoms with van der Waals surface area (Å²) >= 11 is 4.39. The van der Waals surface area contributed by atoms with Crippen molar-refractivity contribution >= 4 is 39.4 Å². The first kappa shape index (κ1) is 20.6.